The first kappa shape index (κ1) is 14.9. The zero-order valence-electron chi connectivity index (χ0n) is 11.7. The fraction of sp³-hybridized carbons (Fsp3) is 0.600. The van der Waals surface area contributed by atoms with Crippen LogP contribution in [0.25, 0.3) is 0 Å². The van der Waals surface area contributed by atoms with Gasteiger partial charge in [0.05, 0.1) is 4.47 Å². The molecule has 0 radical (unpaired) electrons. The average Bonchev–Trinajstić information content (AvgIpc) is 2.84. The second kappa shape index (κ2) is 6.82. The quantitative estimate of drug-likeness (QED) is 0.816. The predicted molar refractivity (Wildman–Crippen MR) is 80.7 cm³/mol. The van der Waals surface area contributed by atoms with Crippen molar-refractivity contribution in [2.45, 2.75) is 32.9 Å². The Morgan fingerprint density at radius 2 is 2.11 bits per heavy atom. The topological polar surface area (TPSA) is 6.48 Å². The maximum atomic E-state index is 13.2. The Morgan fingerprint density at radius 1 is 1.37 bits per heavy atom. The Kier molecular flexibility index (Phi) is 5.37. The van der Waals surface area contributed by atoms with E-state index in [1.54, 1.807) is 0 Å². The van der Waals surface area contributed by atoms with E-state index in [1.165, 1.54) is 18.1 Å². The Bertz CT molecular complexity index is 421. The lowest BCUT2D eigenvalue weighted by atomic mass is 10.2. The molecule has 1 aliphatic rings. The van der Waals surface area contributed by atoms with Gasteiger partial charge >= 0.3 is 0 Å². The summed E-state index contributed by atoms with van der Waals surface area (Å²) in [5.74, 6) is -0.189. The van der Waals surface area contributed by atoms with Gasteiger partial charge < -0.3 is 0 Å². The molecule has 106 valence electrons. The minimum Gasteiger partial charge on any atom is -0.300 e. The van der Waals surface area contributed by atoms with Crippen LogP contribution in [-0.4, -0.2) is 42.0 Å². The van der Waals surface area contributed by atoms with Crippen molar-refractivity contribution in [2.24, 2.45) is 0 Å². The van der Waals surface area contributed by atoms with E-state index in [0.29, 0.717) is 10.5 Å². The molecular formula is C15H22BrFN2. The van der Waals surface area contributed by atoms with E-state index in [9.17, 15) is 4.39 Å². The third-order valence-electron chi connectivity index (χ3n) is 3.97. The number of likely N-dealkylation sites (N-methyl/N-ethyl adjacent to an activating group) is 1. The minimum atomic E-state index is -0.189. The molecule has 2 nitrogen and oxygen atoms in total. The predicted octanol–water partition coefficient (Wildman–Crippen LogP) is 3.50. The third kappa shape index (κ3) is 3.77. The van der Waals surface area contributed by atoms with E-state index in [4.69, 9.17) is 0 Å². The van der Waals surface area contributed by atoms with Crippen LogP contribution in [0.3, 0.4) is 0 Å². The molecule has 0 N–H and O–H groups in total. The van der Waals surface area contributed by atoms with Crippen LogP contribution in [0.5, 0.6) is 0 Å². The van der Waals surface area contributed by atoms with E-state index >= 15 is 0 Å². The molecule has 1 aliphatic heterocycles. The van der Waals surface area contributed by atoms with Crippen LogP contribution >= 0.6 is 15.9 Å². The highest BCUT2D eigenvalue weighted by molar-refractivity contribution is 9.10. The first-order valence-electron chi connectivity index (χ1n) is 7.04. The molecule has 0 spiro atoms. The average molecular weight is 329 g/mol. The van der Waals surface area contributed by atoms with Crippen molar-refractivity contribution in [3.63, 3.8) is 0 Å². The van der Waals surface area contributed by atoms with Crippen molar-refractivity contribution in [1.29, 1.82) is 0 Å². The summed E-state index contributed by atoms with van der Waals surface area (Å²) in [6.07, 6.45) is 1.24. The lowest BCUT2D eigenvalue weighted by Gasteiger charge is -2.26. The standard InChI is InChI=1S/C15H22BrFN2/c1-3-19(4-2)13-7-8-18(11-13)10-12-5-6-15(17)14(16)9-12/h5-6,9,13H,3-4,7-8,10-11H2,1-2H3. The van der Waals surface area contributed by atoms with Gasteiger partial charge in [-0.2, -0.15) is 0 Å². The lowest BCUT2D eigenvalue weighted by Crippen LogP contribution is -2.37. The highest BCUT2D eigenvalue weighted by atomic mass is 79.9. The summed E-state index contributed by atoms with van der Waals surface area (Å²) in [5.41, 5.74) is 1.17. The van der Waals surface area contributed by atoms with E-state index < -0.39 is 0 Å². The van der Waals surface area contributed by atoms with Crippen LogP contribution in [0.15, 0.2) is 22.7 Å². The number of hydrogen-bond donors (Lipinski definition) is 0. The summed E-state index contributed by atoms with van der Waals surface area (Å²) in [6, 6.07) is 5.99. The summed E-state index contributed by atoms with van der Waals surface area (Å²) in [4.78, 5) is 4.99. The number of hydrogen-bond acceptors (Lipinski definition) is 2. The van der Waals surface area contributed by atoms with Crippen LogP contribution in [-0.2, 0) is 6.54 Å². The van der Waals surface area contributed by atoms with Gasteiger partial charge in [-0.15, -0.1) is 0 Å². The van der Waals surface area contributed by atoms with Gasteiger partial charge in [-0.05, 0) is 53.1 Å². The lowest BCUT2D eigenvalue weighted by molar-refractivity contribution is 0.209. The monoisotopic (exact) mass is 328 g/mol. The molecule has 0 amide bonds. The van der Waals surface area contributed by atoms with E-state index in [2.05, 4.69) is 39.6 Å². The zero-order valence-corrected chi connectivity index (χ0v) is 13.3. The highest BCUT2D eigenvalue weighted by Crippen LogP contribution is 2.21. The summed E-state index contributed by atoms with van der Waals surface area (Å²) in [5, 5.41) is 0. The van der Waals surface area contributed by atoms with Crippen molar-refractivity contribution in [2.75, 3.05) is 26.2 Å². The first-order chi connectivity index (χ1) is 9.13. The van der Waals surface area contributed by atoms with Gasteiger partial charge in [-0.1, -0.05) is 19.9 Å². The molecule has 1 atom stereocenters. The Balaban J connectivity index is 1.92. The molecule has 2 rings (SSSR count). The summed E-state index contributed by atoms with van der Waals surface area (Å²) >= 11 is 3.25. The molecule has 0 aliphatic carbocycles. The maximum absolute atomic E-state index is 13.2. The van der Waals surface area contributed by atoms with Crippen LogP contribution in [0.2, 0.25) is 0 Å². The van der Waals surface area contributed by atoms with Crippen molar-refractivity contribution < 1.29 is 4.39 Å². The second-order valence-electron chi connectivity index (χ2n) is 5.15. The Hall–Kier alpha value is -0.450. The van der Waals surface area contributed by atoms with Gasteiger partial charge in [0.15, 0.2) is 0 Å². The summed E-state index contributed by atoms with van der Waals surface area (Å²) in [7, 11) is 0. The largest absolute Gasteiger partial charge is 0.300 e. The third-order valence-corrected chi connectivity index (χ3v) is 4.57. The number of benzene rings is 1. The van der Waals surface area contributed by atoms with E-state index in [0.717, 1.165) is 32.7 Å². The molecular weight excluding hydrogens is 307 g/mol. The molecule has 1 saturated heterocycles. The van der Waals surface area contributed by atoms with Crippen molar-refractivity contribution in [3.05, 3.63) is 34.1 Å². The first-order valence-corrected chi connectivity index (χ1v) is 7.83. The van der Waals surface area contributed by atoms with Crippen LogP contribution in [0.4, 0.5) is 4.39 Å². The molecule has 0 saturated carbocycles. The number of nitrogens with zero attached hydrogens (tertiary/aromatic N) is 2. The molecule has 1 aromatic carbocycles. The normalized spacial score (nSPS) is 20.4. The fourth-order valence-corrected chi connectivity index (χ4v) is 3.32. The molecule has 4 heteroatoms. The Labute approximate surface area is 123 Å². The highest BCUT2D eigenvalue weighted by Gasteiger charge is 2.25. The second-order valence-corrected chi connectivity index (χ2v) is 6.00. The van der Waals surface area contributed by atoms with E-state index in [1.807, 2.05) is 12.1 Å². The Morgan fingerprint density at radius 3 is 2.74 bits per heavy atom. The van der Waals surface area contributed by atoms with Gasteiger partial charge in [0.2, 0.25) is 0 Å². The SMILES string of the molecule is CCN(CC)C1CCN(Cc2ccc(F)c(Br)c2)C1. The number of halogens is 2. The summed E-state index contributed by atoms with van der Waals surface area (Å²) < 4.78 is 13.8. The maximum Gasteiger partial charge on any atom is 0.137 e. The fourth-order valence-electron chi connectivity index (χ4n) is 2.89. The van der Waals surface area contributed by atoms with Gasteiger partial charge in [0, 0.05) is 25.7 Å². The van der Waals surface area contributed by atoms with Crippen molar-refractivity contribution >= 4 is 15.9 Å². The molecule has 1 fully saturated rings. The van der Waals surface area contributed by atoms with Crippen LogP contribution < -0.4 is 0 Å². The number of likely N-dealkylation sites (tertiary alicyclic amines) is 1. The number of rotatable bonds is 5. The van der Waals surface area contributed by atoms with Crippen molar-refractivity contribution in [3.8, 4) is 0 Å². The smallest absolute Gasteiger partial charge is 0.137 e. The molecule has 19 heavy (non-hydrogen) atoms. The van der Waals surface area contributed by atoms with Gasteiger partial charge in [0.25, 0.3) is 0 Å². The molecule has 1 aromatic rings. The zero-order chi connectivity index (χ0) is 13.8. The molecule has 1 heterocycles. The van der Waals surface area contributed by atoms with Crippen LogP contribution in [0.1, 0.15) is 25.8 Å². The molecule has 0 aromatic heterocycles. The molecule has 0 bridgehead atoms. The van der Waals surface area contributed by atoms with Gasteiger partial charge in [-0.3, -0.25) is 9.80 Å². The minimum absolute atomic E-state index is 0.189. The molecule has 1 unspecified atom stereocenters. The van der Waals surface area contributed by atoms with Gasteiger partial charge in [-0.25, -0.2) is 4.39 Å². The van der Waals surface area contributed by atoms with Gasteiger partial charge in [0.1, 0.15) is 5.82 Å². The van der Waals surface area contributed by atoms with E-state index in [-0.39, 0.29) is 5.82 Å². The summed E-state index contributed by atoms with van der Waals surface area (Å²) in [6.45, 7) is 9.87. The van der Waals surface area contributed by atoms with Crippen molar-refractivity contribution in [1.82, 2.24) is 9.80 Å². The van der Waals surface area contributed by atoms with Crippen LogP contribution in [0, 0.1) is 5.82 Å².